The molecule has 4 rings (SSSR count). The number of likely N-dealkylation sites (tertiary alicyclic amines) is 1. The Labute approximate surface area is 161 Å². The number of aromatic nitrogens is 1. The van der Waals surface area contributed by atoms with E-state index in [-0.39, 0.29) is 16.5 Å². The number of nitrogens with one attached hydrogen (secondary N) is 1. The zero-order valence-corrected chi connectivity index (χ0v) is 15.7. The van der Waals surface area contributed by atoms with Crippen molar-refractivity contribution in [1.82, 2.24) is 9.88 Å². The minimum atomic E-state index is -0.571. The number of H-pyrrole nitrogens is 1. The van der Waals surface area contributed by atoms with E-state index in [2.05, 4.69) is 4.98 Å². The number of hydrogen-bond donors (Lipinski definition) is 1. The van der Waals surface area contributed by atoms with Gasteiger partial charge in [-0.15, -0.1) is 0 Å². The molecule has 0 atom stereocenters. The van der Waals surface area contributed by atoms with Crippen LogP contribution < -0.4 is 4.74 Å². The normalized spacial score (nSPS) is 15.3. The first kappa shape index (κ1) is 17.9. The van der Waals surface area contributed by atoms with Gasteiger partial charge in [0, 0.05) is 30.2 Å². The average molecular weight is 387 g/mol. The van der Waals surface area contributed by atoms with Crippen molar-refractivity contribution in [2.24, 2.45) is 0 Å². The lowest BCUT2D eigenvalue weighted by atomic mass is 9.89. The molecule has 6 heteroatoms. The summed E-state index contributed by atoms with van der Waals surface area (Å²) in [4.78, 5) is 17.7. The smallest absolute Gasteiger partial charge is 0.258 e. The Balaban J connectivity index is 1.52. The van der Waals surface area contributed by atoms with Crippen LogP contribution in [0.5, 0.6) is 5.75 Å². The number of carbonyl (C=O) groups is 1. The summed E-state index contributed by atoms with van der Waals surface area (Å²) >= 11 is 6.04. The third-order valence-electron chi connectivity index (χ3n) is 5.32. The summed E-state index contributed by atoms with van der Waals surface area (Å²) < 4.78 is 19.4. The topological polar surface area (TPSA) is 45.3 Å². The molecule has 1 aromatic heterocycles. The number of fused-ring (bicyclic) bond motifs is 1. The van der Waals surface area contributed by atoms with E-state index in [9.17, 15) is 9.18 Å². The number of amides is 1. The average Bonchev–Trinajstić information content (AvgIpc) is 3.11. The molecule has 1 aliphatic rings. The Morgan fingerprint density at radius 1 is 1.26 bits per heavy atom. The van der Waals surface area contributed by atoms with Crippen LogP contribution in [0.15, 0.2) is 42.6 Å². The van der Waals surface area contributed by atoms with Crippen LogP contribution in [0.2, 0.25) is 5.02 Å². The van der Waals surface area contributed by atoms with E-state index >= 15 is 0 Å². The van der Waals surface area contributed by atoms with Gasteiger partial charge < -0.3 is 14.6 Å². The fraction of sp³-hybridized carbons (Fsp3) is 0.286. The molecule has 27 heavy (non-hydrogen) atoms. The minimum absolute atomic E-state index is 0.0329. The first-order valence-corrected chi connectivity index (χ1v) is 9.34. The fourth-order valence-corrected chi connectivity index (χ4v) is 4.08. The van der Waals surface area contributed by atoms with E-state index in [1.54, 1.807) is 18.1 Å². The van der Waals surface area contributed by atoms with Gasteiger partial charge in [0.05, 0.1) is 17.7 Å². The molecule has 0 unspecified atom stereocenters. The lowest BCUT2D eigenvalue weighted by Crippen LogP contribution is -2.38. The van der Waals surface area contributed by atoms with E-state index in [4.69, 9.17) is 16.3 Å². The molecule has 0 radical (unpaired) electrons. The minimum Gasteiger partial charge on any atom is -0.497 e. The van der Waals surface area contributed by atoms with Gasteiger partial charge in [-0.3, -0.25) is 4.79 Å². The lowest BCUT2D eigenvalue weighted by molar-refractivity contribution is 0.0709. The molecule has 1 fully saturated rings. The number of hydrogen-bond acceptors (Lipinski definition) is 2. The molecule has 4 nitrogen and oxygen atoms in total. The van der Waals surface area contributed by atoms with Gasteiger partial charge in [-0.1, -0.05) is 17.7 Å². The summed E-state index contributed by atoms with van der Waals surface area (Å²) in [5, 5.41) is 1.31. The van der Waals surface area contributed by atoms with Gasteiger partial charge >= 0.3 is 0 Å². The van der Waals surface area contributed by atoms with E-state index in [1.165, 1.54) is 17.7 Å². The van der Waals surface area contributed by atoms with Crippen molar-refractivity contribution in [3.05, 3.63) is 64.6 Å². The molecule has 1 amide bonds. The van der Waals surface area contributed by atoms with Crippen molar-refractivity contribution in [3.63, 3.8) is 0 Å². The maximum Gasteiger partial charge on any atom is 0.258 e. The molecule has 1 saturated heterocycles. The van der Waals surface area contributed by atoms with E-state index in [0.29, 0.717) is 19.0 Å². The van der Waals surface area contributed by atoms with Crippen molar-refractivity contribution in [2.45, 2.75) is 18.8 Å². The number of nitrogens with zero attached hydrogens (tertiary/aromatic N) is 1. The quantitative estimate of drug-likeness (QED) is 0.689. The number of piperidine rings is 1. The number of rotatable bonds is 3. The Kier molecular flexibility index (Phi) is 4.79. The number of benzene rings is 2. The Bertz CT molecular complexity index is 973. The number of halogens is 2. The van der Waals surface area contributed by atoms with Crippen LogP contribution >= 0.6 is 11.6 Å². The summed E-state index contributed by atoms with van der Waals surface area (Å²) in [6.45, 7) is 1.15. The van der Waals surface area contributed by atoms with Crippen LogP contribution in [0, 0.1) is 5.82 Å². The van der Waals surface area contributed by atoms with Crippen molar-refractivity contribution < 1.29 is 13.9 Å². The van der Waals surface area contributed by atoms with E-state index in [0.717, 1.165) is 29.5 Å². The highest BCUT2D eigenvalue weighted by molar-refractivity contribution is 6.33. The van der Waals surface area contributed by atoms with Crippen LogP contribution in [-0.4, -0.2) is 36.0 Å². The monoisotopic (exact) mass is 386 g/mol. The Morgan fingerprint density at radius 3 is 2.74 bits per heavy atom. The van der Waals surface area contributed by atoms with Crippen LogP contribution in [0.3, 0.4) is 0 Å². The molecule has 2 heterocycles. The zero-order valence-electron chi connectivity index (χ0n) is 15.0. The van der Waals surface area contributed by atoms with Gasteiger partial charge in [0.15, 0.2) is 0 Å². The number of carbonyl (C=O) groups excluding carboxylic acids is 1. The molecule has 0 bridgehead atoms. The SMILES string of the molecule is COc1ccc2[nH]cc(C3CCN(C(=O)c4c(F)cccc4Cl)CC3)c2c1. The predicted octanol–water partition coefficient (Wildman–Crippen LogP) is 4.99. The van der Waals surface area contributed by atoms with Gasteiger partial charge in [-0.05, 0) is 54.7 Å². The highest BCUT2D eigenvalue weighted by Crippen LogP contribution is 2.35. The number of ether oxygens (including phenoxy) is 1. The maximum absolute atomic E-state index is 14.1. The van der Waals surface area contributed by atoms with Gasteiger partial charge in [0.25, 0.3) is 5.91 Å². The van der Waals surface area contributed by atoms with Crippen LogP contribution in [0.4, 0.5) is 4.39 Å². The van der Waals surface area contributed by atoms with Crippen LogP contribution in [0.25, 0.3) is 10.9 Å². The summed E-state index contributed by atoms with van der Waals surface area (Å²) in [5.41, 5.74) is 2.27. The van der Waals surface area contributed by atoms with Crippen molar-refractivity contribution in [2.75, 3.05) is 20.2 Å². The highest BCUT2D eigenvalue weighted by atomic mass is 35.5. The largest absolute Gasteiger partial charge is 0.497 e. The first-order chi connectivity index (χ1) is 13.1. The summed E-state index contributed by atoms with van der Waals surface area (Å²) in [5.74, 6) is 0.256. The molecule has 2 aromatic carbocycles. The number of methoxy groups -OCH3 is 1. The summed E-state index contributed by atoms with van der Waals surface area (Å²) in [6, 6.07) is 10.3. The molecular weight excluding hydrogens is 367 g/mol. The van der Waals surface area contributed by atoms with Crippen molar-refractivity contribution in [1.29, 1.82) is 0 Å². The molecule has 0 aliphatic carbocycles. The second-order valence-corrected chi connectivity index (χ2v) is 7.23. The second-order valence-electron chi connectivity index (χ2n) is 6.82. The van der Waals surface area contributed by atoms with Crippen molar-refractivity contribution >= 4 is 28.4 Å². The van der Waals surface area contributed by atoms with Gasteiger partial charge in [0.1, 0.15) is 11.6 Å². The Hall–Kier alpha value is -2.53. The predicted molar refractivity (Wildman–Crippen MR) is 104 cm³/mol. The summed E-state index contributed by atoms with van der Waals surface area (Å²) in [6.07, 6.45) is 3.68. The molecule has 0 spiro atoms. The fourth-order valence-electron chi connectivity index (χ4n) is 3.84. The maximum atomic E-state index is 14.1. The van der Waals surface area contributed by atoms with Gasteiger partial charge in [-0.25, -0.2) is 4.39 Å². The van der Waals surface area contributed by atoms with Crippen LogP contribution in [-0.2, 0) is 0 Å². The van der Waals surface area contributed by atoms with E-state index < -0.39 is 5.82 Å². The summed E-state index contributed by atoms with van der Waals surface area (Å²) in [7, 11) is 1.66. The third kappa shape index (κ3) is 3.28. The molecule has 1 N–H and O–H groups in total. The standard InChI is InChI=1S/C21H20ClFN2O2/c1-27-14-5-6-19-15(11-14)16(12-24-19)13-7-9-25(10-8-13)21(26)20-17(22)3-2-4-18(20)23/h2-6,11-13,24H,7-10H2,1H3. The molecule has 140 valence electrons. The molecule has 0 saturated carbocycles. The van der Waals surface area contributed by atoms with Crippen LogP contribution in [0.1, 0.15) is 34.7 Å². The third-order valence-corrected chi connectivity index (χ3v) is 5.63. The number of aromatic amines is 1. The second kappa shape index (κ2) is 7.24. The first-order valence-electron chi connectivity index (χ1n) is 8.97. The van der Waals surface area contributed by atoms with Crippen molar-refractivity contribution in [3.8, 4) is 5.75 Å². The highest BCUT2D eigenvalue weighted by Gasteiger charge is 2.28. The van der Waals surface area contributed by atoms with E-state index in [1.807, 2.05) is 24.4 Å². The molecule has 3 aromatic rings. The molecule has 1 aliphatic heterocycles. The lowest BCUT2D eigenvalue weighted by Gasteiger charge is -2.32. The Morgan fingerprint density at radius 2 is 2.04 bits per heavy atom. The molecular formula is C21H20ClFN2O2. The van der Waals surface area contributed by atoms with Gasteiger partial charge in [0.2, 0.25) is 0 Å². The van der Waals surface area contributed by atoms with Gasteiger partial charge in [-0.2, -0.15) is 0 Å². The zero-order chi connectivity index (χ0) is 19.0.